The fourth-order valence-corrected chi connectivity index (χ4v) is 17.2. The van der Waals surface area contributed by atoms with E-state index in [-0.39, 0.29) is 41.5 Å². The zero-order valence-electron chi connectivity index (χ0n) is 68.1. The zero-order chi connectivity index (χ0) is 82.3. The lowest BCUT2D eigenvalue weighted by atomic mass is 9.92. The fourth-order valence-electron chi connectivity index (χ4n) is 16.4. The Morgan fingerprint density at radius 3 is 0.983 bits per heavy atom. The van der Waals surface area contributed by atoms with Crippen LogP contribution in [-0.4, -0.2) is 153 Å². The normalized spacial score (nSPS) is 17.6. The third kappa shape index (κ3) is 27.7. The standard InChI is InChI=1S/C25H26ClN3O2.C24H29ClN2O3.C24H29ClN2O2.C23H28ClN3O2/c26-25-17-29-22(13-23(30)11-19-3-2-8-27-15-19)14-24(25)20-4-1-5-21(12-20)28-16-18-6-9-31-10-7-18;25-23-16-27-21(14-24(28)18-6-10-30-11-7-18)13-22(23)19-2-1-3-20(12-19)26-15-17-4-8-29-9-5-17;25-23-16-27-21(14-24(28)18-4-1-2-5-18)13-22(23)19-6-3-7-20(12-19)26-15-17-8-10-29-11-9-17;24-22-15-27-20(12-23(28)18-4-7-25-14-18)11-21(22)17-2-1-3-19(10-17)26-13-16-5-8-29-9-6-16/h1-5,8,12,14-15,17-18,28H,6-7,9-11,13,16H2;1-3,12-13,16-18,26H,4-11,14-15H2;3,6-7,12-13,16-18,26H,1-2,4-5,8-11,14-15H2;1-3,10-11,15-16,18,25-26H,4-9,12-14H2/t;;;18-/m...0/s1. The Morgan fingerprint density at radius 2 is 0.664 bits per heavy atom. The van der Waals surface area contributed by atoms with Crippen molar-refractivity contribution in [3.8, 4) is 44.5 Å². The molecule has 19 nitrogen and oxygen atoms in total. The van der Waals surface area contributed by atoms with Crippen LogP contribution in [0.3, 0.4) is 0 Å². The van der Waals surface area contributed by atoms with Crippen molar-refractivity contribution in [1.29, 1.82) is 0 Å². The van der Waals surface area contributed by atoms with Gasteiger partial charge >= 0.3 is 0 Å². The number of ether oxygens (including phenoxy) is 5. The molecule has 0 bridgehead atoms. The molecular weight excluding hydrogens is 1580 g/mol. The Morgan fingerprint density at radius 1 is 0.345 bits per heavy atom. The molecule has 6 aliphatic heterocycles. The largest absolute Gasteiger partial charge is 0.385 e. The van der Waals surface area contributed by atoms with Gasteiger partial charge in [0.05, 0.1) is 20.1 Å². The molecule has 0 amide bonds. The van der Waals surface area contributed by atoms with Crippen molar-refractivity contribution in [3.05, 3.63) is 219 Å². The van der Waals surface area contributed by atoms with E-state index in [1.807, 2.05) is 78.9 Å². The average molecular weight is 1690 g/mol. The van der Waals surface area contributed by atoms with Crippen molar-refractivity contribution in [1.82, 2.24) is 30.2 Å². The Kier molecular flexibility index (Phi) is 34.4. The number of hydrogen-bond acceptors (Lipinski definition) is 19. The number of nitrogens with one attached hydrogen (secondary N) is 5. The van der Waals surface area contributed by atoms with Crippen LogP contribution in [0.25, 0.3) is 44.5 Å². The summed E-state index contributed by atoms with van der Waals surface area (Å²) >= 11 is 25.8. The number of anilines is 4. The van der Waals surface area contributed by atoms with Gasteiger partial charge in [0.2, 0.25) is 0 Å². The maximum atomic E-state index is 12.6. The minimum Gasteiger partial charge on any atom is -0.385 e. The van der Waals surface area contributed by atoms with Crippen LogP contribution >= 0.6 is 46.4 Å². The van der Waals surface area contributed by atoms with Crippen LogP contribution < -0.4 is 26.6 Å². The first-order valence-electron chi connectivity index (χ1n) is 42.8. The van der Waals surface area contributed by atoms with Crippen molar-refractivity contribution in [2.75, 3.05) is 127 Å². The Balaban J connectivity index is 0.000000137. The van der Waals surface area contributed by atoms with E-state index in [0.29, 0.717) is 94.1 Å². The summed E-state index contributed by atoms with van der Waals surface area (Å²) in [5.74, 6) is 3.91. The summed E-state index contributed by atoms with van der Waals surface area (Å²) in [6.07, 6.45) is 27.5. The van der Waals surface area contributed by atoms with Gasteiger partial charge in [-0.3, -0.25) is 44.1 Å². The van der Waals surface area contributed by atoms with Gasteiger partial charge in [-0.2, -0.15) is 0 Å². The van der Waals surface area contributed by atoms with E-state index in [0.717, 1.165) is 265 Å². The molecule has 1 aliphatic carbocycles. The van der Waals surface area contributed by atoms with Gasteiger partial charge in [-0.05, 0) is 220 Å². The van der Waals surface area contributed by atoms with Crippen LogP contribution in [0.4, 0.5) is 22.7 Å². The number of rotatable bonds is 29. The van der Waals surface area contributed by atoms with Crippen LogP contribution in [0.2, 0.25) is 20.1 Å². The van der Waals surface area contributed by atoms with Crippen molar-refractivity contribution in [2.45, 2.75) is 128 Å². The molecule has 4 aromatic carbocycles. The van der Waals surface area contributed by atoms with E-state index >= 15 is 0 Å². The lowest BCUT2D eigenvalue weighted by molar-refractivity contribution is -0.125. The van der Waals surface area contributed by atoms with Gasteiger partial charge in [-0.1, -0.05) is 114 Å². The molecule has 23 heteroatoms. The molecule has 1 atom stereocenters. The topological polar surface area (TPSA) is 239 Å². The maximum absolute atomic E-state index is 12.6. The number of nitrogens with zero attached hydrogens (tertiary/aromatic N) is 5. The minimum atomic E-state index is 0.0809. The molecule has 628 valence electrons. The molecular formula is C96H112Cl4N10O9. The van der Waals surface area contributed by atoms with Crippen molar-refractivity contribution in [3.63, 3.8) is 0 Å². The van der Waals surface area contributed by atoms with Crippen LogP contribution in [0.15, 0.2) is 171 Å². The van der Waals surface area contributed by atoms with Crippen LogP contribution in [-0.2, 0) is 75.0 Å². The number of hydrogen-bond donors (Lipinski definition) is 5. The smallest absolute Gasteiger partial charge is 0.143 e. The van der Waals surface area contributed by atoms with Gasteiger partial charge in [-0.15, -0.1) is 0 Å². The molecule has 5 N–H and O–H groups in total. The first-order chi connectivity index (χ1) is 58.2. The van der Waals surface area contributed by atoms with Gasteiger partial charge in [0, 0.05) is 254 Å². The second kappa shape index (κ2) is 46.4. The van der Waals surface area contributed by atoms with Crippen LogP contribution in [0, 0.1) is 41.4 Å². The third-order valence-corrected chi connectivity index (χ3v) is 24.9. The lowest BCUT2D eigenvalue weighted by Gasteiger charge is -2.22. The second-order valence-corrected chi connectivity index (χ2v) is 34.1. The highest BCUT2D eigenvalue weighted by Gasteiger charge is 2.28. The number of pyridine rings is 5. The summed E-state index contributed by atoms with van der Waals surface area (Å²) in [7, 11) is 0. The Hall–Kier alpha value is -8.57. The highest BCUT2D eigenvalue weighted by molar-refractivity contribution is 6.34. The Labute approximate surface area is 720 Å². The molecule has 0 radical (unpaired) electrons. The highest BCUT2D eigenvalue weighted by Crippen LogP contribution is 2.37. The SMILES string of the molecule is O=C(Cc1cc(-c2cccc(NCC3CCOCC3)c2)c(Cl)cn1)C1CCCC1.O=C(Cc1cc(-c2cccc(NCC3CCOCC3)c2)c(Cl)cn1)C1CCOCC1.O=C(Cc1cc(-c2cccc(NCC3CCOCC3)c2)c(Cl)cn1)[C@H]1CCNC1.O=C(Cc1cccnc1)Cc1cc(-c2cccc(NCC3CCOCC3)c2)c(Cl)cn1. The van der Waals surface area contributed by atoms with E-state index in [9.17, 15) is 19.2 Å². The first kappa shape index (κ1) is 88.2. The van der Waals surface area contributed by atoms with Crippen molar-refractivity contribution >= 4 is 92.3 Å². The second-order valence-electron chi connectivity index (χ2n) is 32.4. The molecule has 0 spiro atoms. The van der Waals surface area contributed by atoms with Crippen LogP contribution in [0.1, 0.15) is 125 Å². The minimum absolute atomic E-state index is 0.0809. The monoisotopic (exact) mass is 1690 g/mol. The molecule has 11 heterocycles. The third-order valence-electron chi connectivity index (χ3n) is 23.7. The maximum Gasteiger partial charge on any atom is 0.143 e. The Bertz CT molecular complexity index is 4610. The summed E-state index contributed by atoms with van der Waals surface area (Å²) in [5, 5.41) is 19.8. The van der Waals surface area contributed by atoms with Gasteiger partial charge in [0.15, 0.2) is 0 Å². The number of aromatic nitrogens is 5. The molecule has 7 aliphatic rings. The van der Waals surface area contributed by atoms with Gasteiger partial charge < -0.3 is 50.3 Å². The lowest BCUT2D eigenvalue weighted by Crippen LogP contribution is -2.25. The van der Waals surface area contributed by atoms with Gasteiger partial charge in [-0.25, -0.2) is 0 Å². The summed E-state index contributed by atoms with van der Waals surface area (Å²) in [5.41, 5.74) is 16.0. The number of carbonyl (C=O) groups excluding carboxylic acids is 4. The predicted molar refractivity (Wildman–Crippen MR) is 476 cm³/mol. The predicted octanol–water partition coefficient (Wildman–Crippen LogP) is 19.3. The molecule has 16 rings (SSSR count). The molecule has 1 saturated carbocycles. The van der Waals surface area contributed by atoms with Crippen molar-refractivity contribution < 1.29 is 42.9 Å². The van der Waals surface area contributed by atoms with E-state index in [2.05, 4.69) is 106 Å². The van der Waals surface area contributed by atoms with Gasteiger partial charge in [0.25, 0.3) is 0 Å². The molecule has 9 aromatic rings. The number of carbonyl (C=O) groups is 4. The van der Waals surface area contributed by atoms with Crippen molar-refractivity contribution in [2.24, 2.45) is 41.4 Å². The zero-order valence-corrected chi connectivity index (χ0v) is 71.1. The van der Waals surface area contributed by atoms with E-state index in [1.54, 1.807) is 37.2 Å². The highest BCUT2D eigenvalue weighted by atomic mass is 35.5. The molecule has 5 aromatic heterocycles. The number of benzene rings is 4. The van der Waals surface area contributed by atoms with E-state index in [4.69, 9.17) is 70.1 Å². The average Bonchev–Trinajstić information content (AvgIpc) is 1.29. The van der Waals surface area contributed by atoms with E-state index in [1.165, 1.54) is 12.8 Å². The number of halogens is 4. The van der Waals surface area contributed by atoms with Crippen LogP contribution in [0.5, 0.6) is 0 Å². The quantitative estimate of drug-likeness (QED) is 0.0293. The summed E-state index contributed by atoms with van der Waals surface area (Å²) in [6, 6.07) is 44.6. The molecule has 7 fully saturated rings. The molecule has 0 unspecified atom stereocenters. The van der Waals surface area contributed by atoms with Gasteiger partial charge in [0.1, 0.15) is 23.1 Å². The first-order valence-corrected chi connectivity index (χ1v) is 44.3. The summed E-state index contributed by atoms with van der Waals surface area (Å²) in [6.45, 7) is 13.7. The molecule has 6 saturated heterocycles. The number of Topliss-reactive ketones (excluding diaryl/α,β-unsaturated/α-hetero) is 4. The van der Waals surface area contributed by atoms with E-state index < -0.39 is 0 Å². The summed E-state index contributed by atoms with van der Waals surface area (Å²) < 4.78 is 27.1. The fraction of sp³-hybridized carbons (Fsp3) is 0.448. The number of ketones is 4. The molecule has 119 heavy (non-hydrogen) atoms. The summed E-state index contributed by atoms with van der Waals surface area (Å²) in [4.78, 5) is 71.8.